The van der Waals surface area contributed by atoms with Gasteiger partial charge in [-0.1, -0.05) is 29.8 Å². The minimum atomic E-state index is 0.0703. The average molecular weight is 251 g/mol. The largest absolute Gasteiger partial charge is 0.507 e. The maximum atomic E-state index is 9.61. The maximum absolute atomic E-state index is 9.61. The van der Waals surface area contributed by atoms with Gasteiger partial charge < -0.3 is 14.9 Å². The SMILES string of the molecule is Oc1cc(Cl)ccc1COc1ccccc1O. The van der Waals surface area contributed by atoms with Crippen LogP contribution in [0.1, 0.15) is 5.56 Å². The lowest BCUT2D eigenvalue weighted by Crippen LogP contribution is -1.95. The van der Waals surface area contributed by atoms with Crippen LogP contribution in [0.4, 0.5) is 0 Å². The van der Waals surface area contributed by atoms with Gasteiger partial charge in [0.25, 0.3) is 0 Å². The summed E-state index contributed by atoms with van der Waals surface area (Å²) < 4.78 is 5.39. The van der Waals surface area contributed by atoms with E-state index in [1.54, 1.807) is 30.3 Å². The molecule has 0 heterocycles. The van der Waals surface area contributed by atoms with E-state index in [0.717, 1.165) is 0 Å². The quantitative estimate of drug-likeness (QED) is 0.879. The van der Waals surface area contributed by atoms with Crippen molar-refractivity contribution in [2.75, 3.05) is 0 Å². The van der Waals surface area contributed by atoms with Gasteiger partial charge in [0.05, 0.1) is 0 Å². The zero-order valence-corrected chi connectivity index (χ0v) is 9.69. The van der Waals surface area contributed by atoms with Crippen molar-refractivity contribution in [3.63, 3.8) is 0 Å². The van der Waals surface area contributed by atoms with Gasteiger partial charge in [-0.3, -0.25) is 0 Å². The third-order valence-corrected chi connectivity index (χ3v) is 2.53. The molecule has 0 bridgehead atoms. The van der Waals surface area contributed by atoms with Gasteiger partial charge in [-0.05, 0) is 24.3 Å². The summed E-state index contributed by atoms with van der Waals surface area (Å²) in [4.78, 5) is 0. The summed E-state index contributed by atoms with van der Waals surface area (Å²) >= 11 is 5.72. The third kappa shape index (κ3) is 2.82. The van der Waals surface area contributed by atoms with Crippen LogP contribution in [0.15, 0.2) is 42.5 Å². The number of para-hydroxylation sites is 2. The number of hydrogen-bond acceptors (Lipinski definition) is 3. The second-order valence-corrected chi connectivity index (χ2v) is 3.97. The van der Waals surface area contributed by atoms with Gasteiger partial charge in [0.15, 0.2) is 11.5 Å². The molecule has 2 aromatic rings. The molecule has 3 nitrogen and oxygen atoms in total. The van der Waals surface area contributed by atoms with Gasteiger partial charge in [0.2, 0.25) is 0 Å². The molecule has 0 amide bonds. The number of ether oxygens (including phenoxy) is 1. The number of halogens is 1. The van der Waals surface area contributed by atoms with Crippen molar-refractivity contribution >= 4 is 11.6 Å². The Morgan fingerprint density at radius 2 is 1.76 bits per heavy atom. The fourth-order valence-electron chi connectivity index (χ4n) is 1.39. The second-order valence-electron chi connectivity index (χ2n) is 3.53. The predicted molar refractivity (Wildman–Crippen MR) is 65.6 cm³/mol. The Hall–Kier alpha value is -1.87. The van der Waals surface area contributed by atoms with Crippen LogP contribution in [0.2, 0.25) is 5.02 Å². The van der Waals surface area contributed by atoms with Crippen LogP contribution in [0.25, 0.3) is 0 Å². The molecule has 4 heteroatoms. The van der Waals surface area contributed by atoms with Crippen LogP contribution in [0.3, 0.4) is 0 Å². The highest BCUT2D eigenvalue weighted by Gasteiger charge is 2.05. The Kier molecular flexibility index (Phi) is 3.40. The van der Waals surface area contributed by atoms with Gasteiger partial charge in [0.1, 0.15) is 12.4 Å². The summed E-state index contributed by atoms with van der Waals surface area (Å²) in [6.45, 7) is 0.167. The molecule has 0 aromatic heterocycles. The van der Waals surface area contributed by atoms with E-state index in [-0.39, 0.29) is 18.1 Å². The molecule has 0 atom stereocenters. The lowest BCUT2D eigenvalue weighted by Gasteiger charge is -2.09. The van der Waals surface area contributed by atoms with E-state index >= 15 is 0 Å². The second kappa shape index (κ2) is 4.97. The first-order chi connectivity index (χ1) is 8.16. The average Bonchev–Trinajstić information content (AvgIpc) is 2.30. The van der Waals surface area contributed by atoms with Gasteiger partial charge in [-0.25, -0.2) is 0 Å². The Bertz CT molecular complexity index is 526. The molecule has 88 valence electrons. The lowest BCUT2D eigenvalue weighted by molar-refractivity contribution is 0.283. The zero-order chi connectivity index (χ0) is 12.3. The summed E-state index contributed by atoms with van der Waals surface area (Å²) in [5, 5.41) is 19.6. The van der Waals surface area contributed by atoms with Crippen molar-refractivity contribution in [1.29, 1.82) is 0 Å². The van der Waals surface area contributed by atoms with E-state index < -0.39 is 0 Å². The van der Waals surface area contributed by atoms with Crippen LogP contribution in [-0.2, 0) is 6.61 Å². The first-order valence-corrected chi connectivity index (χ1v) is 5.43. The number of rotatable bonds is 3. The monoisotopic (exact) mass is 250 g/mol. The maximum Gasteiger partial charge on any atom is 0.161 e. The number of phenols is 2. The Morgan fingerprint density at radius 3 is 2.47 bits per heavy atom. The molecule has 0 fully saturated rings. The topological polar surface area (TPSA) is 49.7 Å². The molecule has 0 aliphatic heterocycles. The number of benzene rings is 2. The molecule has 17 heavy (non-hydrogen) atoms. The normalized spacial score (nSPS) is 10.2. The van der Waals surface area contributed by atoms with Crippen molar-refractivity contribution in [1.82, 2.24) is 0 Å². The predicted octanol–water partition coefficient (Wildman–Crippen LogP) is 3.33. The summed E-state index contributed by atoms with van der Waals surface area (Å²) in [6, 6.07) is 11.5. The molecule has 0 aliphatic rings. The molecule has 2 N–H and O–H groups in total. The van der Waals surface area contributed by atoms with Crippen LogP contribution < -0.4 is 4.74 Å². The summed E-state index contributed by atoms with van der Waals surface area (Å²) in [6.07, 6.45) is 0. The molecular weight excluding hydrogens is 240 g/mol. The fourth-order valence-corrected chi connectivity index (χ4v) is 1.56. The van der Waals surface area contributed by atoms with E-state index in [1.165, 1.54) is 12.1 Å². The van der Waals surface area contributed by atoms with E-state index in [4.69, 9.17) is 16.3 Å². The first-order valence-electron chi connectivity index (χ1n) is 5.05. The molecule has 0 unspecified atom stereocenters. The summed E-state index contributed by atoms with van der Waals surface area (Å²) in [7, 11) is 0. The van der Waals surface area contributed by atoms with E-state index in [2.05, 4.69) is 0 Å². The van der Waals surface area contributed by atoms with E-state index in [0.29, 0.717) is 16.3 Å². The van der Waals surface area contributed by atoms with Crippen molar-refractivity contribution < 1.29 is 14.9 Å². The molecule has 0 saturated heterocycles. The van der Waals surface area contributed by atoms with Crippen molar-refractivity contribution in [3.05, 3.63) is 53.1 Å². The Balaban J connectivity index is 2.10. The summed E-state index contributed by atoms with van der Waals surface area (Å²) in [5.41, 5.74) is 0.609. The van der Waals surface area contributed by atoms with Crippen molar-refractivity contribution in [2.24, 2.45) is 0 Å². The van der Waals surface area contributed by atoms with Crippen LogP contribution in [-0.4, -0.2) is 10.2 Å². The van der Waals surface area contributed by atoms with Crippen LogP contribution in [0, 0.1) is 0 Å². The number of hydrogen-bond donors (Lipinski definition) is 2. The molecule has 0 saturated carbocycles. The Morgan fingerprint density at radius 1 is 1.00 bits per heavy atom. The highest BCUT2D eigenvalue weighted by Crippen LogP contribution is 2.27. The molecule has 2 aromatic carbocycles. The smallest absolute Gasteiger partial charge is 0.161 e. The highest BCUT2D eigenvalue weighted by molar-refractivity contribution is 6.30. The van der Waals surface area contributed by atoms with E-state index in [9.17, 15) is 10.2 Å². The number of phenolic OH excluding ortho intramolecular Hbond substituents is 2. The van der Waals surface area contributed by atoms with Gasteiger partial charge in [-0.15, -0.1) is 0 Å². The molecule has 2 rings (SSSR count). The minimum Gasteiger partial charge on any atom is -0.507 e. The Labute approximate surface area is 104 Å². The van der Waals surface area contributed by atoms with Crippen LogP contribution in [0.5, 0.6) is 17.2 Å². The molecule has 0 aliphatic carbocycles. The summed E-state index contributed by atoms with van der Waals surface area (Å²) in [5.74, 6) is 0.524. The minimum absolute atomic E-state index is 0.0703. The van der Waals surface area contributed by atoms with Crippen molar-refractivity contribution in [3.8, 4) is 17.2 Å². The lowest BCUT2D eigenvalue weighted by atomic mass is 10.2. The molecular formula is C13H11ClO3. The van der Waals surface area contributed by atoms with Crippen LogP contribution >= 0.6 is 11.6 Å². The molecule has 0 spiro atoms. The van der Waals surface area contributed by atoms with Gasteiger partial charge in [0, 0.05) is 10.6 Å². The van der Waals surface area contributed by atoms with E-state index in [1.807, 2.05) is 0 Å². The zero-order valence-electron chi connectivity index (χ0n) is 8.93. The van der Waals surface area contributed by atoms with Gasteiger partial charge >= 0.3 is 0 Å². The standard InChI is InChI=1S/C13H11ClO3/c14-10-6-5-9(12(16)7-10)8-17-13-4-2-1-3-11(13)15/h1-7,15-16H,8H2. The fraction of sp³-hybridized carbons (Fsp3) is 0.0769. The van der Waals surface area contributed by atoms with Gasteiger partial charge in [-0.2, -0.15) is 0 Å². The third-order valence-electron chi connectivity index (χ3n) is 2.30. The number of aromatic hydroxyl groups is 2. The molecule has 0 radical (unpaired) electrons. The first kappa shape index (κ1) is 11.6. The highest BCUT2D eigenvalue weighted by atomic mass is 35.5. The van der Waals surface area contributed by atoms with Crippen molar-refractivity contribution in [2.45, 2.75) is 6.61 Å².